The zero-order chi connectivity index (χ0) is 28.0. The summed E-state index contributed by atoms with van der Waals surface area (Å²) in [7, 11) is 0. The molecule has 3 N–H and O–H groups in total. The van der Waals surface area contributed by atoms with Crippen LogP contribution in [0.3, 0.4) is 0 Å². The summed E-state index contributed by atoms with van der Waals surface area (Å²) in [4.78, 5) is 32.8. The number of aliphatic hydroxyl groups is 2. The molecule has 4 saturated heterocycles. The van der Waals surface area contributed by atoms with Crippen LogP contribution in [0.5, 0.6) is 0 Å². The minimum atomic E-state index is -1.25. The zero-order valence-electron chi connectivity index (χ0n) is 22.5. The lowest BCUT2D eigenvalue weighted by molar-refractivity contribution is -0.146. The Morgan fingerprint density at radius 1 is 1.00 bits per heavy atom. The van der Waals surface area contributed by atoms with E-state index in [2.05, 4.69) is 10.2 Å². The summed E-state index contributed by atoms with van der Waals surface area (Å²) in [6.45, 7) is 2.52. The Balaban J connectivity index is 1.26. The number of morpholine rings is 1. The van der Waals surface area contributed by atoms with E-state index < -0.39 is 36.1 Å². The van der Waals surface area contributed by atoms with Crippen molar-refractivity contribution in [2.24, 2.45) is 0 Å². The fourth-order valence-corrected chi connectivity index (χ4v) is 6.83. The molecule has 4 heterocycles. The molecule has 1 aromatic carbocycles. The van der Waals surface area contributed by atoms with Gasteiger partial charge in [0.05, 0.1) is 37.4 Å². The number of ether oxygens (including phenoxy) is 2. The number of fused-ring (bicyclic) bond motifs is 6. The molecular weight excluding hydrogens is 526 g/mol. The van der Waals surface area contributed by atoms with Gasteiger partial charge in [-0.05, 0) is 37.0 Å². The predicted molar refractivity (Wildman–Crippen MR) is 138 cm³/mol. The van der Waals surface area contributed by atoms with Gasteiger partial charge in [0.2, 0.25) is 11.8 Å². The maximum Gasteiger partial charge on any atom is 0.240 e. The van der Waals surface area contributed by atoms with Crippen LogP contribution in [0, 0.1) is 11.6 Å². The van der Waals surface area contributed by atoms with Gasteiger partial charge in [-0.1, -0.05) is 12.5 Å². The lowest BCUT2D eigenvalue weighted by Gasteiger charge is -2.41. The van der Waals surface area contributed by atoms with Crippen molar-refractivity contribution in [3.05, 3.63) is 35.4 Å². The van der Waals surface area contributed by atoms with Crippen molar-refractivity contribution < 1.29 is 38.1 Å². The van der Waals surface area contributed by atoms with Crippen LogP contribution in [-0.2, 0) is 25.6 Å². The van der Waals surface area contributed by atoms with Crippen LogP contribution in [0.2, 0.25) is 0 Å². The second-order valence-electron chi connectivity index (χ2n) is 11.9. The Labute approximate surface area is 232 Å². The fraction of sp³-hybridized carbons (Fsp3) is 0.714. The van der Waals surface area contributed by atoms with Crippen molar-refractivity contribution in [1.82, 2.24) is 20.0 Å². The van der Waals surface area contributed by atoms with Gasteiger partial charge >= 0.3 is 0 Å². The molecule has 4 aliphatic heterocycles. The number of likely N-dealkylation sites (tertiary alicyclic amines) is 1. The average molecular weight is 565 g/mol. The zero-order valence-corrected chi connectivity index (χ0v) is 22.5. The van der Waals surface area contributed by atoms with Crippen molar-refractivity contribution in [2.75, 3.05) is 39.3 Å². The van der Waals surface area contributed by atoms with Crippen LogP contribution in [0.4, 0.5) is 8.78 Å². The lowest BCUT2D eigenvalue weighted by Crippen LogP contribution is -2.56. The minimum Gasteiger partial charge on any atom is -0.388 e. The van der Waals surface area contributed by atoms with Gasteiger partial charge < -0.3 is 29.9 Å². The van der Waals surface area contributed by atoms with Crippen molar-refractivity contribution in [2.45, 2.75) is 87.3 Å². The molecule has 6 bridgehead atoms. The van der Waals surface area contributed by atoms with Crippen LogP contribution >= 0.6 is 0 Å². The first-order valence-electron chi connectivity index (χ1n) is 14.4. The predicted octanol–water partition coefficient (Wildman–Crippen LogP) is -0.00130. The molecule has 7 atom stereocenters. The van der Waals surface area contributed by atoms with E-state index in [1.165, 1.54) is 6.07 Å². The van der Waals surface area contributed by atoms with E-state index in [1.807, 2.05) is 9.80 Å². The summed E-state index contributed by atoms with van der Waals surface area (Å²) < 4.78 is 39.6. The molecule has 1 aromatic rings. The highest BCUT2D eigenvalue weighted by atomic mass is 19.2. The topological polar surface area (TPSA) is 115 Å². The first-order valence-corrected chi connectivity index (χ1v) is 14.4. The third-order valence-electron chi connectivity index (χ3n) is 9.12. The van der Waals surface area contributed by atoms with Gasteiger partial charge in [-0.3, -0.25) is 19.4 Å². The summed E-state index contributed by atoms with van der Waals surface area (Å²) in [5.41, 5.74) is 0.522. The summed E-state index contributed by atoms with van der Waals surface area (Å²) in [6, 6.07) is 3.52. The number of rotatable bonds is 3. The van der Waals surface area contributed by atoms with Gasteiger partial charge in [-0.25, -0.2) is 8.78 Å². The molecule has 10 nitrogen and oxygen atoms in total. The van der Waals surface area contributed by atoms with E-state index >= 15 is 0 Å². The number of carbonyl (C=O) groups excluding carboxylic acids is 2. The Hall–Kier alpha value is -2.22. The standard InChI is InChI=1S/C28H38F2N4O6/c29-20-5-4-16(8-21(20)30)11-32-13-19-14-33(6-7-39-19)28(38)22-9-17(12-34(22)18-2-1-3-18)31-25(35)10-23-26(36)27(37)24(15-32)40-23/h4-5,8,17-19,22-24,26-27,36-37H,1-3,6-7,9-15H2,(H,31,35)/t17-,19+,22-,23-,24+,26-,27+/m0/s1. The lowest BCUT2D eigenvalue weighted by atomic mass is 9.91. The van der Waals surface area contributed by atoms with Crippen molar-refractivity contribution in [3.63, 3.8) is 0 Å². The number of halogens is 2. The highest BCUT2D eigenvalue weighted by Gasteiger charge is 2.47. The van der Waals surface area contributed by atoms with Gasteiger partial charge in [0.25, 0.3) is 0 Å². The Kier molecular flexibility index (Phi) is 8.08. The number of hydrogen-bond donors (Lipinski definition) is 3. The summed E-state index contributed by atoms with van der Waals surface area (Å²) in [5.74, 6) is -2.14. The summed E-state index contributed by atoms with van der Waals surface area (Å²) in [6.07, 6.45) is -0.903. The monoisotopic (exact) mass is 564 g/mol. The smallest absolute Gasteiger partial charge is 0.240 e. The van der Waals surface area contributed by atoms with Gasteiger partial charge in [0.15, 0.2) is 11.6 Å². The van der Waals surface area contributed by atoms with Crippen LogP contribution in [-0.4, -0.2) is 125 Å². The van der Waals surface area contributed by atoms with Crippen LogP contribution in [0.15, 0.2) is 18.2 Å². The average Bonchev–Trinajstić information content (AvgIpc) is 3.40. The van der Waals surface area contributed by atoms with Crippen LogP contribution in [0.25, 0.3) is 0 Å². The quantitative estimate of drug-likeness (QED) is 0.470. The van der Waals surface area contributed by atoms with E-state index in [0.717, 1.165) is 31.4 Å². The largest absolute Gasteiger partial charge is 0.388 e. The van der Waals surface area contributed by atoms with E-state index in [4.69, 9.17) is 9.47 Å². The van der Waals surface area contributed by atoms with Crippen molar-refractivity contribution in [3.8, 4) is 0 Å². The van der Waals surface area contributed by atoms with E-state index in [1.54, 1.807) is 0 Å². The molecule has 0 spiro atoms. The second-order valence-corrected chi connectivity index (χ2v) is 11.9. The molecule has 0 unspecified atom stereocenters. The molecular formula is C28H38F2N4O6. The van der Waals surface area contributed by atoms with Crippen molar-refractivity contribution in [1.29, 1.82) is 0 Å². The third-order valence-corrected chi connectivity index (χ3v) is 9.12. The molecule has 1 saturated carbocycles. The third kappa shape index (κ3) is 5.75. The molecule has 1 aliphatic carbocycles. The normalized spacial score (nSPS) is 36.5. The first kappa shape index (κ1) is 27.9. The van der Waals surface area contributed by atoms with Crippen LogP contribution < -0.4 is 5.32 Å². The minimum absolute atomic E-state index is 0.0467. The number of amides is 2. The molecule has 6 rings (SSSR count). The van der Waals surface area contributed by atoms with Gasteiger partial charge in [0.1, 0.15) is 12.2 Å². The highest BCUT2D eigenvalue weighted by Crippen LogP contribution is 2.33. The maximum absolute atomic E-state index is 14.0. The molecule has 2 amide bonds. The molecule has 40 heavy (non-hydrogen) atoms. The molecule has 5 aliphatic rings. The Morgan fingerprint density at radius 3 is 2.55 bits per heavy atom. The summed E-state index contributed by atoms with van der Waals surface area (Å²) >= 11 is 0. The fourth-order valence-electron chi connectivity index (χ4n) is 6.83. The van der Waals surface area contributed by atoms with E-state index in [-0.39, 0.29) is 49.5 Å². The SMILES string of the molecule is O=C1C[C@@H]2O[C@H](CN(Cc3ccc(F)c(F)c3)C[C@@H]3CN(CCO3)C(=O)[C@@H]3C[C@@H](CN3C3CCC3)N1)[C@@H](O)[C@H]2O. The number of hydrogen-bond acceptors (Lipinski definition) is 8. The number of carbonyl (C=O) groups is 2. The molecule has 12 heteroatoms. The molecule has 0 aromatic heterocycles. The molecule has 5 fully saturated rings. The van der Waals surface area contributed by atoms with Gasteiger partial charge in [-0.2, -0.15) is 0 Å². The Morgan fingerprint density at radius 2 is 1.80 bits per heavy atom. The molecule has 0 radical (unpaired) electrons. The van der Waals surface area contributed by atoms with E-state index in [9.17, 15) is 28.6 Å². The molecule has 220 valence electrons. The number of aliphatic hydroxyl groups excluding tert-OH is 2. The second kappa shape index (κ2) is 11.6. The van der Waals surface area contributed by atoms with Crippen LogP contribution in [0.1, 0.15) is 37.7 Å². The first-order chi connectivity index (χ1) is 19.2. The van der Waals surface area contributed by atoms with E-state index in [0.29, 0.717) is 50.8 Å². The maximum atomic E-state index is 14.0. The van der Waals surface area contributed by atoms with Gasteiger partial charge in [0, 0.05) is 51.4 Å². The Bertz CT molecular complexity index is 1110. The van der Waals surface area contributed by atoms with Gasteiger partial charge in [-0.15, -0.1) is 0 Å². The highest BCUT2D eigenvalue weighted by molar-refractivity contribution is 5.83. The van der Waals surface area contributed by atoms with Crippen molar-refractivity contribution >= 4 is 11.8 Å². The number of nitrogens with zero attached hydrogens (tertiary/aromatic N) is 3. The number of benzene rings is 1. The summed E-state index contributed by atoms with van der Waals surface area (Å²) in [5, 5.41) is 24.6. The number of nitrogens with one attached hydrogen (secondary N) is 1.